The Morgan fingerprint density at radius 2 is 2.42 bits per heavy atom. The SMILES string of the molecule is Cc1cc(CN2CC(C)C2)n[nH]1. The Bertz CT molecular complexity index is 260. The van der Waals surface area contributed by atoms with Gasteiger partial charge in [-0.05, 0) is 18.9 Å². The van der Waals surface area contributed by atoms with Crippen LogP contribution in [-0.4, -0.2) is 28.2 Å². The molecule has 1 aromatic heterocycles. The molecular formula is C9H15N3. The Hall–Kier alpha value is -0.830. The Balaban J connectivity index is 1.88. The lowest BCUT2D eigenvalue weighted by molar-refractivity contribution is 0.103. The number of likely N-dealkylation sites (tertiary alicyclic amines) is 1. The molecular weight excluding hydrogens is 150 g/mol. The first-order valence-corrected chi connectivity index (χ1v) is 4.47. The number of nitrogens with zero attached hydrogens (tertiary/aromatic N) is 2. The summed E-state index contributed by atoms with van der Waals surface area (Å²) in [7, 11) is 0. The Labute approximate surface area is 72.8 Å². The van der Waals surface area contributed by atoms with Gasteiger partial charge in [0.1, 0.15) is 0 Å². The van der Waals surface area contributed by atoms with Gasteiger partial charge in [-0.3, -0.25) is 10.00 Å². The van der Waals surface area contributed by atoms with E-state index in [4.69, 9.17) is 0 Å². The minimum absolute atomic E-state index is 0.880. The first kappa shape index (κ1) is 7.80. The van der Waals surface area contributed by atoms with E-state index in [1.807, 2.05) is 6.92 Å². The minimum Gasteiger partial charge on any atom is -0.297 e. The van der Waals surface area contributed by atoms with Crippen molar-refractivity contribution in [2.45, 2.75) is 20.4 Å². The molecule has 1 aliphatic heterocycles. The van der Waals surface area contributed by atoms with Crippen LogP contribution >= 0.6 is 0 Å². The molecule has 0 aliphatic carbocycles. The molecule has 0 spiro atoms. The van der Waals surface area contributed by atoms with Gasteiger partial charge < -0.3 is 0 Å². The van der Waals surface area contributed by atoms with Crippen molar-refractivity contribution in [3.63, 3.8) is 0 Å². The molecule has 0 atom stereocenters. The van der Waals surface area contributed by atoms with Gasteiger partial charge in [0.2, 0.25) is 0 Å². The molecule has 0 saturated carbocycles. The second kappa shape index (κ2) is 2.90. The number of aromatic amines is 1. The molecule has 0 bridgehead atoms. The monoisotopic (exact) mass is 165 g/mol. The van der Waals surface area contributed by atoms with Crippen LogP contribution in [0.15, 0.2) is 6.07 Å². The summed E-state index contributed by atoms with van der Waals surface area (Å²) in [5.41, 5.74) is 2.32. The molecule has 1 N–H and O–H groups in total. The van der Waals surface area contributed by atoms with Crippen LogP contribution in [0.5, 0.6) is 0 Å². The third kappa shape index (κ3) is 1.50. The summed E-state index contributed by atoms with van der Waals surface area (Å²) in [5.74, 6) is 0.880. The molecule has 3 nitrogen and oxygen atoms in total. The number of hydrogen-bond acceptors (Lipinski definition) is 2. The second-order valence-corrected chi connectivity index (χ2v) is 3.84. The van der Waals surface area contributed by atoms with Crippen LogP contribution in [-0.2, 0) is 6.54 Å². The number of aromatic nitrogens is 2. The van der Waals surface area contributed by atoms with Crippen molar-refractivity contribution in [2.24, 2.45) is 5.92 Å². The number of rotatable bonds is 2. The Kier molecular flexibility index (Phi) is 1.89. The van der Waals surface area contributed by atoms with Crippen LogP contribution in [0.4, 0.5) is 0 Å². The van der Waals surface area contributed by atoms with Crippen molar-refractivity contribution >= 4 is 0 Å². The van der Waals surface area contributed by atoms with E-state index in [1.165, 1.54) is 18.8 Å². The van der Waals surface area contributed by atoms with Crippen molar-refractivity contribution in [1.29, 1.82) is 0 Å². The summed E-state index contributed by atoms with van der Waals surface area (Å²) in [5, 5.41) is 7.15. The highest BCUT2D eigenvalue weighted by Crippen LogP contribution is 2.16. The molecule has 12 heavy (non-hydrogen) atoms. The zero-order valence-corrected chi connectivity index (χ0v) is 7.67. The molecule has 66 valence electrons. The van der Waals surface area contributed by atoms with Crippen LogP contribution in [0.1, 0.15) is 18.3 Å². The number of hydrogen-bond donors (Lipinski definition) is 1. The van der Waals surface area contributed by atoms with Crippen LogP contribution in [0.3, 0.4) is 0 Å². The van der Waals surface area contributed by atoms with Crippen LogP contribution in [0.25, 0.3) is 0 Å². The van der Waals surface area contributed by atoms with Crippen molar-refractivity contribution in [1.82, 2.24) is 15.1 Å². The zero-order valence-electron chi connectivity index (χ0n) is 7.67. The highest BCUT2D eigenvalue weighted by Gasteiger charge is 2.22. The molecule has 3 heteroatoms. The standard InChI is InChI=1S/C9H15N3/c1-7-4-12(5-7)6-9-3-8(2)10-11-9/h3,7H,4-6H2,1-2H3,(H,10,11). The summed E-state index contributed by atoms with van der Waals surface area (Å²) >= 11 is 0. The van der Waals surface area contributed by atoms with Crippen LogP contribution in [0.2, 0.25) is 0 Å². The molecule has 2 rings (SSSR count). The van der Waals surface area contributed by atoms with Crippen molar-refractivity contribution in [3.8, 4) is 0 Å². The zero-order chi connectivity index (χ0) is 8.55. The summed E-state index contributed by atoms with van der Waals surface area (Å²) in [6.07, 6.45) is 0. The third-order valence-corrected chi connectivity index (χ3v) is 2.28. The minimum atomic E-state index is 0.880. The van der Waals surface area contributed by atoms with Gasteiger partial charge in [-0.1, -0.05) is 6.92 Å². The molecule has 1 fully saturated rings. The van der Waals surface area contributed by atoms with Gasteiger partial charge in [0.05, 0.1) is 5.69 Å². The normalized spacial score (nSPS) is 19.5. The lowest BCUT2D eigenvalue weighted by atomic mass is 10.0. The molecule has 0 radical (unpaired) electrons. The van der Waals surface area contributed by atoms with E-state index in [1.54, 1.807) is 0 Å². The second-order valence-electron chi connectivity index (χ2n) is 3.84. The fourth-order valence-electron chi connectivity index (χ4n) is 1.74. The van der Waals surface area contributed by atoms with Crippen molar-refractivity contribution < 1.29 is 0 Å². The van der Waals surface area contributed by atoms with Gasteiger partial charge in [-0.25, -0.2) is 0 Å². The predicted octanol–water partition coefficient (Wildman–Crippen LogP) is 1.17. The number of aryl methyl sites for hydroxylation is 1. The molecule has 1 aromatic rings. The molecule has 1 saturated heterocycles. The van der Waals surface area contributed by atoms with E-state index >= 15 is 0 Å². The van der Waals surface area contributed by atoms with Gasteiger partial charge >= 0.3 is 0 Å². The molecule has 1 aliphatic rings. The van der Waals surface area contributed by atoms with E-state index < -0.39 is 0 Å². The molecule has 0 amide bonds. The van der Waals surface area contributed by atoms with E-state index in [0.717, 1.165) is 18.2 Å². The largest absolute Gasteiger partial charge is 0.297 e. The third-order valence-electron chi connectivity index (χ3n) is 2.28. The van der Waals surface area contributed by atoms with Gasteiger partial charge in [-0.15, -0.1) is 0 Å². The lowest BCUT2D eigenvalue weighted by Gasteiger charge is -2.36. The fraction of sp³-hybridized carbons (Fsp3) is 0.667. The molecule has 0 aromatic carbocycles. The first-order chi connectivity index (χ1) is 5.74. The Morgan fingerprint density at radius 3 is 2.92 bits per heavy atom. The van der Waals surface area contributed by atoms with Crippen molar-refractivity contribution in [2.75, 3.05) is 13.1 Å². The molecule has 0 unspecified atom stereocenters. The fourth-order valence-corrected chi connectivity index (χ4v) is 1.74. The van der Waals surface area contributed by atoms with Crippen LogP contribution < -0.4 is 0 Å². The van der Waals surface area contributed by atoms with Gasteiger partial charge in [-0.2, -0.15) is 5.10 Å². The van der Waals surface area contributed by atoms with Crippen molar-refractivity contribution in [3.05, 3.63) is 17.5 Å². The summed E-state index contributed by atoms with van der Waals surface area (Å²) in [6, 6.07) is 2.11. The van der Waals surface area contributed by atoms with Crippen LogP contribution in [0, 0.1) is 12.8 Å². The smallest absolute Gasteiger partial charge is 0.0765 e. The summed E-state index contributed by atoms with van der Waals surface area (Å²) in [6.45, 7) is 7.79. The van der Waals surface area contributed by atoms with E-state index in [2.05, 4.69) is 28.1 Å². The Morgan fingerprint density at radius 1 is 1.67 bits per heavy atom. The quantitative estimate of drug-likeness (QED) is 0.713. The first-order valence-electron chi connectivity index (χ1n) is 4.47. The maximum absolute atomic E-state index is 4.20. The maximum Gasteiger partial charge on any atom is 0.0765 e. The lowest BCUT2D eigenvalue weighted by Crippen LogP contribution is -2.44. The predicted molar refractivity (Wildman–Crippen MR) is 47.8 cm³/mol. The highest BCUT2D eigenvalue weighted by molar-refractivity contribution is 5.06. The van der Waals surface area contributed by atoms with Gasteiger partial charge in [0, 0.05) is 25.3 Å². The number of H-pyrrole nitrogens is 1. The average molecular weight is 165 g/mol. The maximum atomic E-state index is 4.20. The van der Waals surface area contributed by atoms with E-state index in [9.17, 15) is 0 Å². The average Bonchev–Trinajstić information content (AvgIpc) is 2.33. The number of nitrogens with one attached hydrogen (secondary N) is 1. The van der Waals surface area contributed by atoms with Gasteiger partial charge in [0.25, 0.3) is 0 Å². The molecule has 2 heterocycles. The summed E-state index contributed by atoms with van der Waals surface area (Å²) < 4.78 is 0. The summed E-state index contributed by atoms with van der Waals surface area (Å²) in [4.78, 5) is 2.42. The highest BCUT2D eigenvalue weighted by atomic mass is 15.2. The van der Waals surface area contributed by atoms with E-state index in [0.29, 0.717) is 0 Å². The topological polar surface area (TPSA) is 31.9 Å². The van der Waals surface area contributed by atoms with Gasteiger partial charge in [0.15, 0.2) is 0 Å². The van der Waals surface area contributed by atoms with E-state index in [-0.39, 0.29) is 0 Å².